The molecule has 2 amide bonds. The molecular weight excluding hydrogens is 388 g/mol. The van der Waals surface area contributed by atoms with E-state index in [0.717, 1.165) is 11.1 Å². The van der Waals surface area contributed by atoms with Gasteiger partial charge < -0.3 is 29.6 Å². The second kappa shape index (κ2) is 11.5. The van der Waals surface area contributed by atoms with E-state index in [1.54, 1.807) is 40.6 Å². The summed E-state index contributed by atoms with van der Waals surface area (Å²) in [5.74, 6) is 1.10. The highest BCUT2D eigenvalue weighted by molar-refractivity contribution is 6.35. The Bertz CT molecular complexity index is 797. The predicted molar refractivity (Wildman–Crippen MR) is 113 cm³/mol. The van der Waals surface area contributed by atoms with Crippen molar-refractivity contribution < 1.29 is 28.5 Å². The fraction of sp³-hybridized carbons (Fsp3) is 0.364. The summed E-state index contributed by atoms with van der Waals surface area (Å²) in [4.78, 5) is 24.1. The van der Waals surface area contributed by atoms with Crippen molar-refractivity contribution in [2.24, 2.45) is 0 Å². The van der Waals surface area contributed by atoms with E-state index in [1.807, 2.05) is 24.3 Å². The van der Waals surface area contributed by atoms with Gasteiger partial charge in [0.1, 0.15) is 0 Å². The maximum absolute atomic E-state index is 12.1. The number of rotatable bonds is 10. The van der Waals surface area contributed by atoms with Gasteiger partial charge in [0.25, 0.3) is 0 Å². The fourth-order valence-electron chi connectivity index (χ4n) is 3.08. The molecule has 30 heavy (non-hydrogen) atoms. The van der Waals surface area contributed by atoms with Crippen LogP contribution in [0.5, 0.6) is 23.0 Å². The molecule has 2 rings (SSSR count). The summed E-state index contributed by atoms with van der Waals surface area (Å²) in [5.41, 5.74) is 1.75. The first-order valence-corrected chi connectivity index (χ1v) is 9.51. The van der Waals surface area contributed by atoms with E-state index < -0.39 is 11.8 Å². The van der Waals surface area contributed by atoms with Gasteiger partial charge in [-0.25, -0.2) is 0 Å². The number of amides is 2. The number of benzene rings is 2. The van der Waals surface area contributed by atoms with E-state index in [2.05, 4.69) is 10.6 Å². The minimum Gasteiger partial charge on any atom is -0.493 e. The molecule has 0 aliphatic carbocycles. The summed E-state index contributed by atoms with van der Waals surface area (Å²) in [5, 5.41) is 5.23. The zero-order chi connectivity index (χ0) is 21.9. The van der Waals surface area contributed by atoms with E-state index in [-0.39, 0.29) is 0 Å². The van der Waals surface area contributed by atoms with Crippen LogP contribution in [0.25, 0.3) is 0 Å². The number of carbonyl (C=O) groups excluding carboxylic acids is 2. The highest BCUT2D eigenvalue weighted by Crippen LogP contribution is 2.31. The number of methoxy groups -OCH3 is 4. The standard InChI is InChI=1S/C22H28N2O6/c1-27-17-9-5-7-15(19(17)29-3)11-13-23-21(25)22(26)24-14-12-16-8-6-10-18(28-2)20(16)30-4/h5-10H,11-14H2,1-4H3,(H,23,25)(H,24,26). The summed E-state index contributed by atoms with van der Waals surface area (Å²) >= 11 is 0. The average molecular weight is 416 g/mol. The van der Waals surface area contributed by atoms with E-state index in [0.29, 0.717) is 48.9 Å². The Morgan fingerprint density at radius 3 is 1.40 bits per heavy atom. The lowest BCUT2D eigenvalue weighted by atomic mass is 10.1. The highest BCUT2D eigenvalue weighted by Gasteiger charge is 2.15. The smallest absolute Gasteiger partial charge is 0.309 e. The van der Waals surface area contributed by atoms with Crippen LogP contribution in [-0.4, -0.2) is 53.3 Å². The molecule has 2 aromatic carbocycles. The Hall–Kier alpha value is -3.42. The van der Waals surface area contributed by atoms with E-state index in [4.69, 9.17) is 18.9 Å². The van der Waals surface area contributed by atoms with E-state index in [9.17, 15) is 9.59 Å². The largest absolute Gasteiger partial charge is 0.493 e. The molecule has 0 unspecified atom stereocenters. The average Bonchev–Trinajstić information content (AvgIpc) is 2.78. The summed E-state index contributed by atoms with van der Waals surface area (Å²) < 4.78 is 21.3. The number of para-hydroxylation sites is 2. The van der Waals surface area contributed by atoms with Gasteiger partial charge in [-0.15, -0.1) is 0 Å². The summed E-state index contributed by atoms with van der Waals surface area (Å²) in [6.45, 7) is 0.582. The van der Waals surface area contributed by atoms with E-state index >= 15 is 0 Å². The second-order valence-electron chi connectivity index (χ2n) is 6.32. The highest BCUT2D eigenvalue weighted by atomic mass is 16.5. The molecule has 8 heteroatoms. The molecule has 0 bridgehead atoms. The van der Waals surface area contributed by atoms with Crippen molar-refractivity contribution in [3.05, 3.63) is 47.5 Å². The van der Waals surface area contributed by atoms with Gasteiger partial charge in [-0.2, -0.15) is 0 Å². The van der Waals surface area contributed by atoms with Crippen molar-refractivity contribution >= 4 is 11.8 Å². The van der Waals surface area contributed by atoms with Crippen LogP contribution >= 0.6 is 0 Å². The molecule has 0 aromatic heterocycles. The van der Waals surface area contributed by atoms with Gasteiger partial charge in [-0.1, -0.05) is 24.3 Å². The molecule has 2 N–H and O–H groups in total. The van der Waals surface area contributed by atoms with Crippen molar-refractivity contribution in [1.82, 2.24) is 10.6 Å². The first-order chi connectivity index (χ1) is 14.5. The maximum Gasteiger partial charge on any atom is 0.309 e. The number of ether oxygens (including phenoxy) is 4. The Balaban J connectivity index is 1.82. The van der Waals surface area contributed by atoms with Gasteiger partial charge in [0, 0.05) is 13.1 Å². The van der Waals surface area contributed by atoms with Gasteiger partial charge in [0.05, 0.1) is 28.4 Å². The number of nitrogens with one attached hydrogen (secondary N) is 2. The molecular formula is C22H28N2O6. The molecule has 162 valence electrons. The number of carbonyl (C=O) groups is 2. The molecule has 0 radical (unpaired) electrons. The normalized spacial score (nSPS) is 10.1. The lowest BCUT2D eigenvalue weighted by Gasteiger charge is -2.13. The van der Waals surface area contributed by atoms with Crippen molar-refractivity contribution in [3.63, 3.8) is 0 Å². The van der Waals surface area contributed by atoms with Gasteiger partial charge in [-0.05, 0) is 36.1 Å². The van der Waals surface area contributed by atoms with Gasteiger partial charge in [-0.3, -0.25) is 9.59 Å². The zero-order valence-corrected chi connectivity index (χ0v) is 17.7. The van der Waals surface area contributed by atoms with Crippen LogP contribution in [0, 0.1) is 0 Å². The third-order valence-electron chi connectivity index (χ3n) is 4.53. The molecule has 0 atom stereocenters. The molecule has 0 spiro atoms. The third-order valence-corrected chi connectivity index (χ3v) is 4.53. The molecule has 8 nitrogen and oxygen atoms in total. The number of hydrogen-bond acceptors (Lipinski definition) is 6. The van der Waals surface area contributed by atoms with Crippen molar-refractivity contribution in [1.29, 1.82) is 0 Å². The van der Waals surface area contributed by atoms with Crippen LogP contribution in [0.1, 0.15) is 11.1 Å². The second-order valence-corrected chi connectivity index (χ2v) is 6.32. The Morgan fingerprint density at radius 1 is 0.667 bits per heavy atom. The molecule has 0 fully saturated rings. The van der Waals surface area contributed by atoms with Crippen LogP contribution in [0.2, 0.25) is 0 Å². The molecule has 0 aliphatic rings. The topological polar surface area (TPSA) is 95.1 Å². The van der Waals surface area contributed by atoms with E-state index in [1.165, 1.54) is 0 Å². The zero-order valence-electron chi connectivity index (χ0n) is 17.7. The Morgan fingerprint density at radius 2 is 1.07 bits per heavy atom. The van der Waals surface area contributed by atoms with Gasteiger partial charge in [0.2, 0.25) is 0 Å². The number of hydrogen-bond donors (Lipinski definition) is 2. The van der Waals surface area contributed by atoms with Crippen molar-refractivity contribution in [2.45, 2.75) is 12.8 Å². The van der Waals surface area contributed by atoms with Crippen molar-refractivity contribution in [3.8, 4) is 23.0 Å². The Kier molecular flexibility index (Phi) is 8.80. The molecule has 0 heterocycles. The molecule has 0 saturated carbocycles. The Labute approximate surface area is 176 Å². The summed E-state index contributed by atoms with van der Waals surface area (Å²) in [6.07, 6.45) is 1.00. The van der Waals surface area contributed by atoms with Gasteiger partial charge >= 0.3 is 11.8 Å². The molecule has 0 saturated heterocycles. The van der Waals surface area contributed by atoms with Crippen LogP contribution in [-0.2, 0) is 22.4 Å². The van der Waals surface area contributed by atoms with Crippen LogP contribution in [0.3, 0.4) is 0 Å². The first kappa shape index (κ1) is 22.9. The fourth-order valence-corrected chi connectivity index (χ4v) is 3.08. The molecule has 0 aliphatic heterocycles. The summed E-state index contributed by atoms with van der Waals surface area (Å²) in [7, 11) is 6.25. The predicted octanol–water partition coefficient (Wildman–Crippen LogP) is 1.74. The van der Waals surface area contributed by atoms with Gasteiger partial charge in [0.15, 0.2) is 23.0 Å². The minimum absolute atomic E-state index is 0.291. The van der Waals surface area contributed by atoms with Crippen molar-refractivity contribution in [2.75, 3.05) is 41.5 Å². The molecule has 2 aromatic rings. The monoisotopic (exact) mass is 416 g/mol. The minimum atomic E-state index is -0.686. The lowest BCUT2D eigenvalue weighted by Crippen LogP contribution is -2.41. The SMILES string of the molecule is COc1cccc(CCNC(=O)C(=O)NCCc2cccc(OC)c2OC)c1OC. The lowest BCUT2D eigenvalue weighted by molar-refractivity contribution is -0.139. The first-order valence-electron chi connectivity index (χ1n) is 9.51. The van der Waals surface area contributed by atoms with Crippen LogP contribution in [0.15, 0.2) is 36.4 Å². The maximum atomic E-state index is 12.1. The summed E-state index contributed by atoms with van der Waals surface area (Å²) in [6, 6.07) is 11.1. The third kappa shape index (κ3) is 5.79. The quantitative estimate of drug-likeness (QED) is 0.573. The van der Waals surface area contributed by atoms with Crippen LogP contribution in [0.4, 0.5) is 0 Å². The van der Waals surface area contributed by atoms with Crippen LogP contribution < -0.4 is 29.6 Å².